The number of fused-ring (bicyclic) bond motifs is 1. The maximum atomic E-state index is 11.8. The van der Waals surface area contributed by atoms with Gasteiger partial charge in [0.15, 0.2) is 0 Å². The Morgan fingerprint density at radius 2 is 2.24 bits per heavy atom. The summed E-state index contributed by atoms with van der Waals surface area (Å²) >= 11 is 0. The molecule has 0 fully saturated rings. The number of likely N-dealkylation sites (N-methyl/N-ethyl adjacent to an activating group) is 1. The van der Waals surface area contributed by atoms with Crippen molar-refractivity contribution in [2.24, 2.45) is 0 Å². The van der Waals surface area contributed by atoms with Gasteiger partial charge >= 0.3 is 5.97 Å². The minimum atomic E-state index is -0.979. The van der Waals surface area contributed by atoms with Gasteiger partial charge in [0.25, 0.3) is 0 Å². The molecule has 1 aliphatic rings. The molecule has 2 N–H and O–H groups in total. The molecule has 1 unspecified atom stereocenters. The average Bonchev–Trinajstić information content (AvgIpc) is 2.25. The monoisotopic (exact) mass is 234 g/mol. The Labute approximate surface area is 99.0 Å². The zero-order valence-electron chi connectivity index (χ0n) is 9.73. The maximum absolute atomic E-state index is 11.8. The molecule has 0 aromatic heterocycles. The van der Waals surface area contributed by atoms with Gasteiger partial charge in [0, 0.05) is 7.05 Å². The van der Waals surface area contributed by atoms with Gasteiger partial charge < -0.3 is 15.3 Å². The van der Waals surface area contributed by atoms with Crippen LogP contribution in [-0.2, 0) is 9.59 Å². The molecule has 1 aliphatic heterocycles. The standard InChI is InChI=1S/C12H14N2O3/c1-7-3-4-8-9(5-7)14(2)10(6-11(15)16)12(17)13-8/h3-5,10H,6H2,1-2H3,(H,13,17)(H,15,16). The van der Waals surface area contributed by atoms with Crippen molar-refractivity contribution in [3.05, 3.63) is 23.8 Å². The number of nitrogens with zero attached hydrogens (tertiary/aromatic N) is 1. The zero-order valence-corrected chi connectivity index (χ0v) is 9.73. The Morgan fingerprint density at radius 1 is 1.53 bits per heavy atom. The second-order valence-electron chi connectivity index (χ2n) is 4.23. The third-order valence-electron chi connectivity index (χ3n) is 2.93. The van der Waals surface area contributed by atoms with Crippen LogP contribution in [0.15, 0.2) is 18.2 Å². The summed E-state index contributed by atoms with van der Waals surface area (Å²) in [4.78, 5) is 24.2. The van der Waals surface area contributed by atoms with E-state index in [-0.39, 0.29) is 12.3 Å². The van der Waals surface area contributed by atoms with Crippen LogP contribution >= 0.6 is 0 Å². The van der Waals surface area contributed by atoms with Crippen molar-refractivity contribution >= 4 is 23.3 Å². The predicted molar refractivity (Wildman–Crippen MR) is 64.3 cm³/mol. The van der Waals surface area contributed by atoms with Crippen LogP contribution < -0.4 is 10.2 Å². The third-order valence-corrected chi connectivity index (χ3v) is 2.93. The number of aliphatic carboxylic acids is 1. The van der Waals surface area contributed by atoms with Crippen LogP contribution in [0.4, 0.5) is 11.4 Å². The van der Waals surface area contributed by atoms with E-state index < -0.39 is 12.0 Å². The van der Waals surface area contributed by atoms with Gasteiger partial charge in [0.1, 0.15) is 6.04 Å². The molecule has 1 atom stereocenters. The van der Waals surface area contributed by atoms with Gasteiger partial charge in [-0.3, -0.25) is 9.59 Å². The molecule has 90 valence electrons. The molecule has 0 aliphatic carbocycles. The Morgan fingerprint density at radius 3 is 2.88 bits per heavy atom. The van der Waals surface area contributed by atoms with Crippen molar-refractivity contribution in [2.75, 3.05) is 17.3 Å². The van der Waals surface area contributed by atoms with E-state index in [1.165, 1.54) is 0 Å². The maximum Gasteiger partial charge on any atom is 0.305 e. The van der Waals surface area contributed by atoms with Gasteiger partial charge in [-0.1, -0.05) is 6.07 Å². The van der Waals surface area contributed by atoms with E-state index in [0.29, 0.717) is 0 Å². The summed E-state index contributed by atoms with van der Waals surface area (Å²) in [6.07, 6.45) is -0.199. The first-order valence-corrected chi connectivity index (χ1v) is 5.35. The lowest BCUT2D eigenvalue weighted by atomic mass is 10.0. The first-order valence-electron chi connectivity index (χ1n) is 5.35. The molecule has 2 rings (SSSR count). The van der Waals surface area contributed by atoms with Gasteiger partial charge in [0.2, 0.25) is 5.91 Å². The molecular weight excluding hydrogens is 220 g/mol. The molecular formula is C12H14N2O3. The lowest BCUT2D eigenvalue weighted by Gasteiger charge is -2.34. The van der Waals surface area contributed by atoms with Gasteiger partial charge in [-0.15, -0.1) is 0 Å². The Bertz CT molecular complexity index is 485. The molecule has 1 heterocycles. The van der Waals surface area contributed by atoms with E-state index in [0.717, 1.165) is 16.9 Å². The van der Waals surface area contributed by atoms with Crippen molar-refractivity contribution in [3.63, 3.8) is 0 Å². The first kappa shape index (κ1) is 11.4. The second-order valence-corrected chi connectivity index (χ2v) is 4.23. The van der Waals surface area contributed by atoms with E-state index in [9.17, 15) is 9.59 Å². The summed E-state index contributed by atoms with van der Waals surface area (Å²) in [5.41, 5.74) is 2.65. The average molecular weight is 234 g/mol. The number of amides is 1. The summed E-state index contributed by atoms with van der Waals surface area (Å²) in [6, 6.07) is 5.02. The van der Waals surface area contributed by atoms with Crippen LogP contribution in [0.1, 0.15) is 12.0 Å². The van der Waals surface area contributed by atoms with E-state index in [1.807, 2.05) is 25.1 Å². The van der Waals surface area contributed by atoms with Crippen LogP contribution in [-0.4, -0.2) is 30.1 Å². The number of carboxylic acids is 1. The SMILES string of the molecule is Cc1ccc2c(c1)N(C)C(CC(=O)O)C(=O)N2. The molecule has 5 nitrogen and oxygen atoms in total. The summed E-state index contributed by atoms with van der Waals surface area (Å²) in [7, 11) is 1.74. The number of anilines is 2. The number of hydrogen-bond acceptors (Lipinski definition) is 3. The highest BCUT2D eigenvalue weighted by Gasteiger charge is 2.32. The predicted octanol–water partition coefficient (Wildman–Crippen LogP) is 1.23. The van der Waals surface area contributed by atoms with Crippen LogP contribution in [0.3, 0.4) is 0 Å². The van der Waals surface area contributed by atoms with E-state index in [1.54, 1.807) is 11.9 Å². The van der Waals surface area contributed by atoms with Crippen molar-refractivity contribution < 1.29 is 14.7 Å². The minimum absolute atomic E-state index is 0.199. The first-order chi connectivity index (χ1) is 7.99. The fourth-order valence-corrected chi connectivity index (χ4v) is 1.99. The fourth-order valence-electron chi connectivity index (χ4n) is 1.99. The third kappa shape index (κ3) is 2.08. The molecule has 5 heteroatoms. The highest BCUT2D eigenvalue weighted by Crippen LogP contribution is 2.32. The highest BCUT2D eigenvalue weighted by molar-refractivity contribution is 6.04. The van der Waals surface area contributed by atoms with Gasteiger partial charge in [-0.25, -0.2) is 0 Å². The molecule has 0 spiro atoms. The van der Waals surface area contributed by atoms with Crippen LogP contribution in [0, 0.1) is 6.92 Å². The number of carbonyl (C=O) groups is 2. The smallest absolute Gasteiger partial charge is 0.305 e. The topological polar surface area (TPSA) is 69.6 Å². The van der Waals surface area contributed by atoms with Crippen molar-refractivity contribution in [1.82, 2.24) is 0 Å². The second kappa shape index (κ2) is 4.08. The summed E-state index contributed by atoms with van der Waals surface area (Å²) < 4.78 is 0. The molecule has 0 radical (unpaired) electrons. The van der Waals surface area contributed by atoms with Gasteiger partial charge in [0.05, 0.1) is 17.8 Å². The van der Waals surface area contributed by atoms with E-state index in [4.69, 9.17) is 5.11 Å². The van der Waals surface area contributed by atoms with Crippen molar-refractivity contribution in [3.8, 4) is 0 Å². The number of carbonyl (C=O) groups excluding carboxylic acids is 1. The van der Waals surface area contributed by atoms with Crippen LogP contribution in [0.25, 0.3) is 0 Å². The molecule has 1 amide bonds. The number of benzene rings is 1. The Balaban J connectivity index is 2.38. The largest absolute Gasteiger partial charge is 0.481 e. The van der Waals surface area contributed by atoms with Crippen LogP contribution in [0.5, 0.6) is 0 Å². The minimum Gasteiger partial charge on any atom is -0.481 e. The highest BCUT2D eigenvalue weighted by atomic mass is 16.4. The Kier molecular flexibility index (Phi) is 2.75. The summed E-state index contributed by atoms with van der Waals surface area (Å²) in [5.74, 6) is -1.25. The van der Waals surface area contributed by atoms with E-state index in [2.05, 4.69) is 5.32 Å². The van der Waals surface area contributed by atoms with Crippen molar-refractivity contribution in [1.29, 1.82) is 0 Å². The molecule has 1 aromatic carbocycles. The molecule has 0 saturated heterocycles. The molecule has 0 saturated carbocycles. The Hall–Kier alpha value is -2.04. The number of rotatable bonds is 2. The lowest BCUT2D eigenvalue weighted by molar-refractivity contribution is -0.138. The number of aryl methyl sites for hydroxylation is 1. The van der Waals surface area contributed by atoms with Crippen LogP contribution in [0.2, 0.25) is 0 Å². The van der Waals surface area contributed by atoms with Gasteiger partial charge in [-0.2, -0.15) is 0 Å². The van der Waals surface area contributed by atoms with Crippen molar-refractivity contribution in [2.45, 2.75) is 19.4 Å². The number of nitrogens with one attached hydrogen (secondary N) is 1. The zero-order chi connectivity index (χ0) is 12.6. The summed E-state index contributed by atoms with van der Waals surface area (Å²) in [6.45, 7) is 1.96. The normalized spacial score (nSPS) is 18.6. The number of carboxylic acid groups (broad SMARTS) is 1. The van der Waals surface area contributed by atoms with E-state index >= 15 is 0 Å². The molecule has 17 heavy (non-hydrogen) atoms. The summed E-state index contributed by atoms with van der Waals surface area (Å²) in [5, 5.41) is 11.5. The van der Waals surface area contributed by atoms with Gasteiger partial charge in [-0.05, 0) is 24.6 Å². The lowest BCUT2D eigenvalue weighted by Crippen LogP contribution is -2.47. The quantitative estimate of drug-likeness (QED) is 0.807. The molecule has 0 bridgehead atoms. The fraction of sp³-hybridized carbons (Fsp3) is 0.333. The molecule has 1 aromatic rings. The number of hydrogen-bond donors (Lipinski definition) is 2.